The smallest absolute Gasteiger partial charge is 0.319 e. The first-order valence-corrected chi connectivity index (χ1v) is 12.3. The molecule has 2 amide bonds. The molecule has 1 aromatic heterocycles. The highest BCUT2D eigenvalue weighted by molar-refractivity contribution is 7.89. The molecular formula is C24H27N5O4S. The molecule has 1 aliphatic rings. The molecule has 1 aliphatic heterocycles. The molecule has 4 rings (SSSR count). The number of sulfonamides is 1. The van der Waals surface area contributed by atoms with Gasteiger partial charge in [-0.3, -0.25) is 4.98 Å². The summed E-state index contributed by atoms with van der Waals surface area (Å²) in [7, 11) is -2.01. The van der Waals surface area contributed by atoms with E-state index in [1.54, 1.807) is 37.7 Å². The zero-order valence-corrected chi connectivity index (χ0v) is 19.7. The van der Waals surface area contributed by atoms with E-state index in [2.05, 4.69) is 20.5 Å². The molecule has 0 bridgehead atoms. The van der Waals surface area contributed by atoms with Crippen LogP contribution in [0.4, 0.5) is 16.2 Å². The monoisotopic (exact) mass is 481 g/mol. The molecule has 0 radical (unpaired) electrons. The summed E-state index contributed by atoms with van der Waals surface area (Å²) in [6.07, 6.45) is 3.34. The van der Waals surface area contributed by atoms with Crippen molar-refractivity contribution in [1.82, 2.24) is 14.6 Å². The predicted molar refractivity (Wildman–Crippen MR) is 131 cm³/mol. The third-order valence-corrected chi connectivity index (χ3v) is 7.50. The minimum Gasteiger partial charge on any atom is -0.495 e. The van der Waals surface area contributed by atoms with Gasteiger partial charge < -0.3 is 20.3 Å². The van der Waals surface area contributed by atoms with Crippen LogP contribution in [0.5, 0.6) is 5.75 Å². The fourth-order valence-electron chi connectivity index (χ4n) is 3.78. The number of pyridine rings is 1. The summed E-state index contributed by atoms with van der Waals surface area (Å²) >= 11 is 0. The van der Waals surface area contributed by atoms with E-state index in [1.807, 2.05) is 30.3 Å². The highest BCUT2D eigenvalue weighted by Gasteiger charge is 2.29. The lowest BCUT2D eigenvalue weighted by Crippen LogP contribution is -2.48. The fraction of sp³-hybridized carbons (Fsp3) is 0.250. The molecule has 3 aromatic rings. The number of ether oxygens (including phenoxy) is 1. The zero-order valence-electron chi connectivity index (χ0n) is 18.8. The number of benzene rings is 2. The van der Waals surface area contributed by atoms with Crippen molar-refractivity contribution in [3.05, 3.63) is 78.6 Å². The Morgan fingerprint density at radius 1 is 1.00 bits per heavy atom. The average Bonchev–Trinajstić information content (AvgIpc) is 2.88. The van der Waals surface area contributed by atoms with Crippen LogP contribution < -0.4 is 20.3 Å². The number of anilines is 2. The van der Waals surface area contributed by atoms with Crippen LogP contribution in [-0.4, -0.2) is 57.0 Å². The first-order valence-electron chi connectivity index (χ1n) is 10.9. The van der Waals surface area contributed by atoms with Gasteiger partial charge >= 0.3 is 6.03 Å². The van der Waals surface area contributed by atoms with Gasteiger partial charge in [0.1, 0.15) is 5.75 Å². The average molecular weight is 482 g/mol. The first-order chi connectivity index (χ1) is 16.5. The summed E-state index contributed by atoms with van der Waals surface area (Å²) < 4.78 is 33.2. The Bertz CT molecular complexity index is 1210. The molecule has 10 heteroatoms. The molecule has 0 spiro atoms. The van der Waals surface area contributed by atoms with E-state index in [9.17, 15) is 13.2 Å². The highest BCUT2D eigenvalue weighted by Crippen LogP contribution is 2.29. The number of aromatic nitrogens is 1. The quantitative estimate of drug-likeness (QED) is 0.538. The van der Waals surface area contributed by atoms with Gasteiger partial charge in [-0.2, -0.15) is 4.31 Å². The van der Waals surface area contributed by atoms with Gasteiger partial charge in [0.25, 0.3) is 0 Å². The minimum atomic E-state index is -3.63. The van der Waals surface area contributed by atoms with Crippen molar-refractivity contribution in [1.29, 1.82) is 0 Å². The van der Waals surface area contributed by atoms with E-state index in [-0.39, 0.29) is 10.9 Å². The molecule has 178 valence electrons. The van der Waals surface area contributed by atoms with Crippen molar-refractivity contribution < 1.29 is 17.9 Å². The second-order valence-corrected chi connectivity index (χ2v) is 9.69. The van der Waals surface area contributed by atoms with Crippen molar-refractivity contribution in [3.8, 4) is 5.75 Å². The molecule has 0 unspecified atom stereocenters. The summed E-state index contributed by atoms with van der Waals surface area (Å²) in [4.78, 5) is 18.5. The molecule has 0 saturated carbocycles. The maximum Gasteiger partial charge on any atom is 0.319 e. The van der Waals surface area contributed by atoms with E-state index in [4.69, 9.17) is 4.74 Å². The summed E-state index contributed by atoms with van der Waals surface area (Å²) in [5.41, 5.74) is 2.34. The first kappa shape index (κ1) is 23.5. The summed E-state index contributed by atoms with van der Waals surface area (Å²) in [6, 6.07) is 17.2. The fourth-order valence-corrected chi connectivity index (χ4v) is 5.20. The van der Waals surface area contributed by atoms with Crippen molar-refractivity contribution in [2.24, 2.45) is 0 Å². The molecule has 1 saturated heterocycles. The van der Waals surface area contributed by atoms with Crippen LogP contribution in [0.2, 0.25) is 0 Å². The number of nitrogens with zero attached hydrogens (tertiary/aromatic N) is 3. The number of urea groups is 1. The molecule has 0 aliphatic carbocycles. The van der Waals surface area contributed by atoms with Crippen LogP contribution in [-0.2, 0) is 16.6 Å². The van der Waals surface area contributed by atoms with Crippen LogP contribution in [0, 0.1) is 0 Å². The summed E-state index contributed by atoms with van der Waals surface area (Å²) in [5.74, 6) is 0.770. The molecule has 34 heavy (non-hydrogen) atoms. The largest absolute Gasteiger partial charge is 0.495 e. The Kier molecular flexibility index (Phi) is 7.29. The van der Waals surface area contributed by atoms with E-state index in [0.717, 1.165) is 17.0 Å². The van der Waals surface area contributed by atoms with Gasteiger partial charge in [0.15, 0.2) is 0 Å². The number of rotatable bonds is 7. The molecule has 1 fully saturated rings. The number of hydrogen-bond acceptors (Lipinski definition) is 6. The predicted octanol–water partition coefficient (Wildman–Crippen LogP) is 2.92. The van der Waals surface area contributed by atoms with Crippen LogP contribution in [0.25, 0.3) is 0 Å². The molecule has 9 nitrogen and oxygen atoms in total. The SMILES string of the molecule is COc1ccccc1N1CCN(S(=O)(=O)c2ccc(NC(=O)NCc3cccnc3)cc2)CC1. The van der Waals surface area contributed by atoms with Gasteiger partial charge in [-0.15, -0.1) is 0 Å². The van der Waals surface area contributed by atoms with Gasteiger partial charge in [0.05, 0.1) is 17.7 Å². The number of carbonyl (C=O) groups is 1. The van der Waals surface area contributed by atoms with Gasteiger partial charge in [-0.05, 0) is 48.0 Å². The minimum absolute atomic E-state index is 0.194. The van der Waals surface area contributed by atoms with Crippen LogP contribution in [0.1, 0.15) is 5.56 Å². The number of methoxy groups -OCH3 is 1. The molecule has 2 aromatic carbocycles. The Balaban J connectivity index is 1.33. The third kappa shape index (κ3) is 5.46. The Morgan fingerprint density at radius 3 is 2.41 bits per heavy atom. The summed E-state index contributed by atoms with van der Waals surface area (Å²) in [6.45, 7) is 2.22. The van der Waals surface area contributed by atoms with Gasteiger partial charge in [0, 0.05) is 50.8 Å². The van der Waals surface area contributed by atoms with Crippen LogP contribution in [0.3, 0.4) is 0 Å². The van der Waals surface area contributed by atoms with Crippen molar-refractivity contribution in [3.63, 3.8) is 0 Å². The number of para-hydroxylation sites is 2. The van der Waals surface area contributed by atoms with E-state index < -0.39 is 10.0 Å². The lowest BCUT2D eigenvalue weighted by Gasteiger charge is -2.35. The highest BCUT2D eigenvalue weighted by atomic mass is 32.2. The van der Waals surface area contributed by atoms with Crippen molar-refractivity contribution in [2.45, 2.75) is 11.4 Å². The maximum atomic E-state index is 13.1. The maximum absolute atomic E-state index is 13.1. The molecule has 2 heterocycles. The van der Waals surface area contributed by atoms with E-state index in [0.29, 0.717) is 38.4 Å². The topological polar surface area (TPSA) is 104 Å². The van der Waals surface area contributed by atoms with Gasteiger partial charge in [-0.1, -0.05) is 18.2 Å². The number of amides is 2. The van der Waals surface area contributed by atoms with Crippen molar-refractivity contribution in [2.75, 3.05) is 43.5 Å². The molecule has 0 atom stereocenters. The van der Waals surface area contributed by atoms with Crippen LogP contribution >= 0.6 is 0 Å². The second kappa shape index (κ2) is 10.5. The standard InChI is InChI=1S/C24H27N5O4S/c1-33-23-7-3-2-6-22(23)28-13-15-29(16-14-28)34(31,32)21-10-8-20(9-11-21)27-24(30)26-18-19-5-4-12-25-17-19/h2-12,17H,13-16,18H2,1H3,(H2,26,27,30). The van der Waals surface area contributed by atoms with E-state index >= 15 is 0 Å². The number of carbonyl (C=O) groups excluding carboxylic acids is 1. The zero-order chi connectivity index (χ0) is 24.0. The van der Waals surface area contributed by atoms with Gasteiger partial charge in [-0.25, -0.2) is 13.2 Å². The Hall–Kier alpha value is -3.63. The Morgan fingerprint density at radius 2 is 1.74 bits per heavy atom. The van der Waals surface area contributed by atoms with Crippen molar-refractivity contribution >= 4 is 27.4 Å². The number of hydrogen-bond donors (Lipinski definition) is 2. The Labute approximate surface area is 199 Å². The third-order valence-electron chi connectivity index (χ3n) is 5.59. The summed E-state index contributed by atoms with van der Waals surface area (Å²) in [5, 5.41) is 5.45. The molecule has 2 N–H and O–H groups in total. The number of nitrogens with one attached hydrogen (secondary N) is 2. The van der Waals surface area contributed by atoms with Gasteiger partial charge in [0.2, 0.25) is 10.0 Å². The lowest BCUT2D eigenvalue weighted by atomic mass is 10.2. The molecular weight excluding hydrogens is 454 g/mol. The number of piperazine rings is 1. The second-order valence-electron chi connectivity index (χ2n) is 7.76. The normalized spacial score (nSPS) is 14.4. The van der Waals surface area contributed by atoms with Crippen LogP contribution in [0.15, 0.2) is 78.0 Å². The van der Waals surface area contributed by atoms with E-state index in [1.165, 1.54) is 16.4 Å². The lowest BCUT2D eigenvalue weighted by molar-refractivity contribution is 0.251.